The molecule has 0 heterocycles. The van der Waals surface area contributed by atoms with Gasteiger partial charge in [-0.05, 0) is 0 Å². The summed E-state index contributed by atoms with van der Waals surface area (Å²) in [6.45, 7) is 9.79. The summed E-state index contributed by atoms with van der Waals surface area (Å²) in [7, 11) is -1.03. The van der Waals surface area contributed by atoms with Crippen molar-refractivity contribution in [1.29, 1.82) is 0 Å². The molecule has 0 fully saturated rings. The first-order valence-corrected chi connectivity index (χ1v) is 20.4. The second-order valence-electron chi connectivity index (χ2n) is 6.86. The predicted molar refractivity (Wildman–Crippen MR) is 79.1 cm³/mol. The maximum absolute atomic E-state index is 2.60. The number of allylic oxidation sites excluding steroid dienone is 2. The van der Waals surface area contributed by atoms with Crippen LogP contribution in [0.3, 0.4) is 0 Å². The zero-order chi connectivity index (χ0) is 12.1. The molecule has 0 unspecified atom stereocenters. The van der Waals surface area contributed by atoms with Crippen LogP contribution in [0, 0.1) is 0 Å². The van der Waals surface area contributed by atoms with Gasteiger partial charge in [0.25, 0.3) is 0 Å². The van der Waals surface area contributed by atoms with Crippen LogP contribution in [0.25, 0.3) is 0 Å². The van der Waals surface area contributed by atoms with E-state index in [9.17, 15) is 0 Å². The molecule has 0 spiro atoms. The topological polar surface area (TPSA) is 0 Å². The normalized spacial score (nSPS) is 14.5. The Morgan fingerprint density at radius 1 is 1.13 bits per heavy atom. The fourth-order valence-corrected chi connectivity index (χ4v) is 14.8. The first-order chi connectivity index (χ1) is 6.67. The van der Waals surface area contributed by atoms with Gasteiger partial charge in [-0.1, -0.05) is 0 Å². The van der Waals surface area contributed by atoms with Gasteiger partial charge in [0.05, 0.1) is 0 Å². The van der Waals surface area contributed by atoms with Crippen molar-refractivity contribution >= 4 is 26.5 Å². The van der Waals surface area contributed by atoms with Gasteiger partial charge in [0.1, 0.15) is 0 Å². The number of hydrogen-bond donors (Lipinski definition) is 0. The molecule has 0 saturated heterocycles. The molecule has 0 aromatic carbocycles. The molecule has 0 amide bonds. The number of unbranched alkanes of at least 4 members (excludes halogenated alkanes) is 2. The summed E-state index contributed by atoms with van der Waals surface area (Å²) < 4.78 is 1.49. The average Bonchev–Trinajstić information content (AvgIpc) is 1.99. The van der Waals surface area contributed by atoms with Gasteiger partial charge in [-0.25, -0.2) is 0 Å². The summed E-state index contributed by atoms with van der Waals surface area (Å²) in [5, 5.41) is 1.86. The molecule has 0 rings (SSSR count). The molecule has 0 aromatic heterocycles. The maximum atomic E-state index is 2.60. The molecule has 2 heteroatoms. The molecular weight excluding hydrogens is 303 g/mol. The third-order valence-electron chi connectivity index (χ3n) is 2.63. The van der Waals surface area contributed by atoms with Crippen LogP contribution in [0.5, 0.6) is 0 Å². The average molecular weight is 333 g/mol. The van der Waals surface area contributed by atoms with E-state index in [4.69, 9.17) is 0 Å². The second-order valence-corrected chi connectivity index (χ2v) is 27.6. The zero-order valence-electron chi connectivity index (χ0n) is 11.9. The summed E-state index contributed by atoms with van der Waals surface area (Å²) in [4.78, 5) is 7.67. The molecule has 0 atom stereocenters. The molecule has 0 aliphatic carbocycles. The van der Waals surface area contributed by atoms with Crippen molar-refractivity contribution in [3.63, 3.8) is 0 Å². The summed E-state index contributed by atoms with van der Waals surface area (Å²) in [5.41, 5.74) is 0. The molecule has 0 saturated carbocycles. The van der Waals surface area contributed by atoms with Crippen LogP contribution in [0.1, 0.15) is 26.2 Å². The summed E-state index contributed by atoms with van der Waals surface area (Å²) in [6, 6.07) is 0. The van der Waals surface area contributed by atoms with Crippen LogP contribution in [0.2, 0.25) is 38.9 Å². The quantitative estimate of drug-likeness (QED) is 0.456. The summed E-state index contributed by atoms with van der Waals surface area (Å²) in [5.74, 6) is 0. The molecule has 15 heavy (non-hydrogen) atoms. The SMILES string of the molecule is CCCC/C=C(\[CH2][Sn]([CH3])([CH3])[CH3])[Si](C)(C)C. The van der Waals surface area contributed by atoms with Gasteiger partial charge in [-0.2, -0.15) is 0 Å². The molecule has 0 bridgehead atoms. The summed E-state index contributed by atoms with van der Waals surface area (Å²) in [6.07, 6.45) is 6.61. The van der Waals surface area contributed by atoms with Crippen LogP contribution < -0.4 is 0 Å². The van der Waals surface area contributed by atoms with Gasteiger partial charge in [-0.15, -0.1) is 0 Å². The molecule has 0 aromatic rings. The van der Waals surface area contributed by atoms with E-state index in [0.717, 1.165) is 0 Å². The van der Waals surface area contributed by atoms with Crippen LogP contribution in [0.4, 0.5) is 0 Å². The first kappa shape index (κ1) is 15.8. The Morgan fingerprint density at radius 2 is 1.67 bits per heavy atom. The molecule has 0 nitrogen and oxygen atoms in total. The van der Waals surface area contributed by atoms with E-state index in [1.165, 1.54) is 23.7 Å². The molecule has 0 radical (unpaired) electrons. The predicted octanol–water partition coefficient (Wildman–Crippen LogP) is 5.32. The Balaban J connectivity index is 4.53. The molecule has 0 aliphatic heterocycles. The Kier molecular flexibility index (Phi) is 6.81. The van der Waals surface area contributed by atoms with E-state index in [2.05, 4.69) is 47.5 Å². The van der Waals surface area contributed by atoms with Crippen molar-refractivity contribution in [1.82, 2.24) is 0 Å². The van der Waals surface area contributed by atoms with Crippen LogP contribution in [-0.4, -0.2) is 26.5 Å². The van der Waals surface area contributed by atoms with Crippen molar-refractivity contribution in [3.05, 3.63) is 11.3 Å². The van der Waals surface area contributed by atoms with Crippen molar-refractivity contribution in [2.24, 2.45) is 0 Å². The van der Waals surface area contributed by atoms with Crippen LogP contribution in [0.15, 0.2) is 11.3 Å². The van der Waals surface area contributed by atoms with Gasteiger partial charge in [0, 0.05) is 0 Å². The van der Waals surface area contributed by atoms with Crippen molar-refractivity contribution < 1.29 is 0 Å². The van der Waals surface area contributed by atoms with Crippen molar-refractivity contribution in [3.8, 4) is 0 Å². The van der Waals surface area contributed by atoms with E-state index >= 15 is 0 Å². The van der Waals surface area contributed by atoms with E-state index in [-0.39, 0.29) is 0 Å². The number of hydrogen-bond acceptors (Lipinski definition) is 0. The third kappa shape index (κ3) is 8.55. The zero-order valence-corrected chi connectivity index (χ0v) is 15.8. The standard InChI is InChI=1S/C10H21Si.3CH3.Sn/c1-6-7-8-9-10(2)11(3,4)5;;;;/h9H,2,6-8H2,1,3-5H3;3*1H3;/b10-9+;;;;. The van der Waals surface area contributed by atoms with Crippen molar-refractivity contribution in [2.75, 3.05) is 0 Å². The van der Waals surface area contributed by atoms with Crippen LogP contribution >= 0.6 is 0 Å². The Morgan fingerprint density at radius 3 is 2.00 bits per heavy atom. The molecule has 0 N–H and O–H groups in total. The monoisotopic (exact) mass is 334 g/mol. The third-order valence-corrected chi connectivity index (χ3v) is 10.1. The van der Waals surface area contributed by atoms with Gasteiger partial charge in [0.15, 0.2) is 0 Å². The fraction of sp³-hybridized carbons (Fsp3) is 0.846. The molecule has 0 aliphatic rings. The summed E-state index contributed by atoms with van der Waals surface area (Å²) >= 11 is -1.62. The first-order valence-electron chi connectivity index (χ1n) is 6.36. The van der Waals surface area contributed by atoms with Gasteiger partial charge in [-0.3, -0.25) is 0 Å². The van der Waals surface area contributed by atoms with E-state index < -0.39 is 26.5 Å². The Hall–Kier alpha value is 0.756. The molecular formula is C13H30SiSn. The Labute approximate surface area is 102 Å². The Bertz CT molecular complexity index is 206. The fourth-order valence-electron chi connectivity index (χ4n) is 1.70. The number of rotatable bonds is 6. The van der Waals surface area contributed by atoms with Crippen molar-refractivity contribution in [2.45, 2.75) is 65.1 Å². The van der Waals surface area contributed by atoms with Gasteiger partial charge >= 0.3 is 103 Å². The molecule has 90 valence electrons. The minimum atomic E-state index is -1.62. The van der Waals surface area contributed by atoms with Gasteiger partial charge < -0.3 is 0 Å². The van der Waals surface area contributed by atoms with E-state index in [1.54, 1.807) is 0 Å². The van der Waals surface area contributed by atoms with E-state index in [0.29, 0.717) is 0 Å². The minimum absolute atomic E-state index is 1.03. The van der Waals surface area contributed by atoms with Crippen LogP contribution in [-0.2, 0) is 0 Å². The second kappa shape index (κ2) is 6.48. The van der Waals surface area contributed by atoms with E-state index in [1.807, 2.05) is 5.20 Å². The van der Waals surface area contributed by atoms with Gasteiger partial charge in [0.2, 0.25) is 0 Å².